The molecule has 2 aromatic heterocycles. The molecule has 2 saturated carbocycles. The fourth-order valence-electron chi connectivity index (χ4n) is 3.96. The number of H-pyrrole nitrogens is 1. The van der Waals surface area contributed by atoms with Gasteiger partial charge in [-0.1, -0.05) is 13.0 Å². The van der Waals surface area contributed by atoms with Gasteiger partial charge in [0.1, 0.15) is 11.5 Å². The van der Waals surface area contributed by atoms with Crippen LogP contribution in [-0.4, -0.2) is 39.8 Å². The van der Waals surface area contributed by atoms with E-state index >= 15 is 0 Å². The van der Waals surface area contributed by atoms with Crippen LogP contribution in [0, 0.1) is 17.8 Å². The molecule has 6 nitrogen and oxygen atoms in total. The number of nitrogens with zero attached hydrogens (tertiary/aromatic N) is 2. The molecule has 27 heavy (non-hydrogen) atoms. The monoisotopic (exact) mass is 364 g/mol. The van der Waals surface area contributed by atoms with Gasteiger partial charge in [-0.05, 0) is 54.9 Å². The fraction of sp³-hybridized carbons (Fsp3) is 0.476. The Morgan fingerprint density at radius 3 is 2.81 bits per heavy atom. The first-order valence-electron chi connectivity index (χ1n) is 9.87. The number of nitrogens with one attached hydrogen (secondary N) is 2. The number of aromatic nitrogens is 2. The second-order valence-electron chi connectivity index (χ2n) is 8.14. The average Bonchev–Trinajstić information content (AvgIpc) is 3.59. The van der Waals surface area contributed by atoms with Crippen molar-refractivity contribution >= 4 is 34.2 Å². The van der Waals surface area contributed by atoms with Gasteiger partial charge in [0, 0.05) is 36.5 Å². The highest BCUT2D eigenvalue weighted by molar-refractivity contribution is 5.97. The number of fused-ring (bicyclic) bond motifs is 1. The van der Waals surface area contributed by atoms with Gasteiger partial charge < -0.3 is 15.2 Å². The molecule has 0 radical (unpaired) electrons. The standard InChI is InChI=1S/C21H24N4O2/c1-12-10-16(12)21(27)25-8-5-13(6-9-25)17-11-18(24-20(26)14-2-3-14)23-19-15(17)4-7-22-19/h4-5,7,11-12,14,16H,2-3,6,8-10H2,1H3,(H2,22,23,24,26). The van der Waals surface area contributed by atoms with Crippen molar-refractivity contribution in [2.24, 2.45) is 17.8 Å². The van der Waals surface area contributed by atoms with Gasteiger partial charge in [0.05, 0.1) is 0 Å². The lowest BCUT2D eigenvalue weighted by Gasteiger charge is -2.27. The predicted molar refractivity (Wildman–Crippen MR) is 104 cm³/mol. The Labute approximate surface area is 158 Å². The van der Waals surface area contributed by atoms with Crippen molar-refractivity contribution in [1.82, 2.24) is 14.9 Å². The van der Waals surface area contributed by atoms with Crippen molar-refractivity contribution in [2.75, 3.05) is 18.4 Å². The Morgan fingerprint density at radius 1 is 1.33 bits per heavy atom. The third-order valence-electron chi connectivity index (χ3n) is 6.02. The van der Waals surface area contributed by atoms with Crippen LogP contribution in [0.1, 0.15) is 38.2 Å². The van der Waals surface area contributed by atoms with Gasteiger partial charge >= 0.3 is 0 Å². The van der Waals surface area contributed by atoms with Crippen LogP contribution in [0.25, 0.3) is 16.6 Å². The number of hydrogen-bond donors (Lipinski definition) is 2. The van der Waals surface area contributed by atoms with Gasteiger partial charge in [0.15, 0.2) is 0 Å². The van der Waals surface area contributed by atoms with E-state index in [4.69, 9.17) is 0 Å². The lowest BCUT2D eigenvalue weighted by molar-refractivity contribution is -0.132. The molecule has 2 fully saturated rings. The molecular formula is C21H24N4O2. The van der Waals surface area contributed by atoms with Crippen LogP contribution in [0.3, 0.4) is 0 Å². The van der Waals surface area contributed by atoms with Crippen molar-refractivity contribution in [2.45, 2.75) is 32.6 Å². The molecule has 1 aliphatic heterocycles. The van der Waals surface area contributed by atoms with Gasteiger partial charge in [-0.15, -0.1) is 0 Å². The summed E-state index contributed by atoms with van der Waals surface area (Å²) in [5.41, 5.74) is 3.10. The zero-order valence-electron chi connectivity index (χ0n) is 15.5. The van der Waals surface area contributed by atoms with E-state index in [2.05, 4.69) is 28.3 Å². The van der Waals surface area contributed by atoms with Crippen LogP contribution in [0.5, 0.6) is 0 Å². The maximum Gasteiger partial charge on any atom is 0.228 e. The molecule has 6 heteroatoms. The normalized spacial score (nSPS) is 24.6. The Bertz CT molecular complexity index is 956. The Hall–Kier alpha value is -2.63. The van der Waals surface area contributed by atoms with Gasteiger partial charge in [-0.3, -0.25) is 9.59 Å². The minimum Gasteiger partial charge on any atom is -0.346 e. The SMILES string of the molecule is CC1CC1C(=O)N1CC=C(c2cc(NC(=O)C3CC3)nc3[nH]ccc23)CC1. The first-order valence-corrected chi connectivity index (χ1v) is 9.87. The van der Waals surface area contributed by atoms with Crippen molar-refractivity contribution < 1.29 is 9.59 Å². The molecule has 2 aromatic rings. The molecule has 0 bridgehead atoms. The number of rotatable bonds is 4. The number of carbonyl (C=O) groups is 2. The number of hydrogen-bond acceptors (Lipinski definition) is 3. The molecule has 0 spiro atoms. The molecule has 3 aliphatic rings. The highest BCUT2D eigenvalue weighted by Crippen LogP contribution is 2.40. The molecule has 2 aliphatic carbocycles. The van der Waals surface area contributed by atoms with Crippen molar-refractivity contribution in [3.8, 4) is 0 Å². The largest absolute Gasteiger partial charge is 0.346 e. The zero-order chi connectivity index (χ0) is 18.5. The zero-order valence-corrected chi connectivity index (χ0v) is 15.5. The van der Waals surface area contributed by atoms with E-state index in [9.17, 15) is 9.59 Å². The number of amides is 2. The molecule has 2 amide bonds. The molecule has 140 valence electrons. The van der Waals surface area contributed by atoms with Gasteiger partial charge in [-0.25, -0.2) is 4.98 Å². The van der Waals surface area contributed by atoms with E-state index in [0.29, 0.717) is 24.2 Å². The quantitative estimate of drug-likeness (QED) is 0.875. The summed E-state index contributed by atoms with van der Waals surface area (Å²) in [6.07, 6.45) is 7.83. The first kappa shape index (κ1) is 16.5. The van der Waals surface area contributed by atoms with E-state index in [-0.39, 0.29) is 17.7 Å². The van der Waals surface area contributed by atoms with E-state index < -0.39 is 0 Å². The summed E-state index contributed by atoms with van der Waals surface area (Å²) in [5, 5.41) is 4.02. The van der Waals surface area contributed by atoms with Crippen LogP contribution in [0.15, 0.2) is 24.4 Å². The third kappa shape index (κ3) is 3.13. The molecule has 2 unspecified atom stereocenters. The number of carbonyl (C=O) groups excluding carboxylic acids is 2. The van der Waals surface area contributed by atoms with Crippen LogP contribution in [0.2, 0.25) is 0 Å². The maximum absolute atomic E-state index is 12.5. The summed E-state index contributed by atoms with van der Waals surface area (Å²) in [4.78, 5) is 34.3. The molecular weight excluding hydrogens is 340 g/mol. The molecule has 3 heterocycles. The lowest BCUT2D eigenvalue weighted by atomic mass is 9.97. The predicted octanol–water partition coefficient (Wildman–Crippen LogP) is 3.18. The van der Waals surface area contributed by atoms with Crippen molar-refractivity contribution in [1.29, 1.82) is 0 Å². The summed E-state index contributed by atoms with van der Waals surface area (Å²) >= 11 is 0. The molecule has 2 atom stereocenters. The summed E-state index contributed by atoms with van der Waals surface area (Å²) in [6.45, 7) is 3.56. The van der Waals surface area contributed by atoms with Crippen LogP contribution in [-0.2, 0) is 9.59 Å². The number of anilines is 1. The Morgan fingerprint density at radius 2 is 2.15 bits per heavy atom. The Balaban J connectivity index is 1.40. The smallest absolute Gasteiger partial charge is 0.228 e. The van der Waals surface area contributed by atoms with E-state index in [1.54, 1.807) is 0 Å². The highest BCUT2D eigenvalue weighted by atomic mass is 16.2. The molecule has 0 aromatic carbocycles. The van der Waals surface area contributed by atoms with E-state index in [1.165, 1.54) is 5.57 Å². The summed E-state index contributed by atoms with van der Waals surface area (Å²) in [7, 11) is 0. The maximum atomic E-state index is 12.5. The topological polar surface area (TPSA) is 78.1 Å². The molecule has 0 saturated heterocycles. The minimum atomic E-state index is 0.0623. The summed E-state index contributed by atoms with van der Waals surface area (Å²) in [5.74, 6) is 1.89. The Kier molecular flexibility index (Phi) is 3.81. The molecule has 2 N–H and O–H groups in total. The fourth-order valence-corrected chi connectivity index (χ4v) is 3.96. The third-order valence-corrected chi connectivity index (χ3v) is 6.02. The summed E-state index contributed by atoms with van der Waals surface area (Å²) in [6, 6.07) is 4.00. The van der Waals surface area contributed by atoms with Crippen molar-refractivity contribution in [3.63, 3.8) is 0 Å². The molecule has 5 rings (SSSR count). The first-order chi connectivity index (χ1) is 13.1. The van der Waals surface area contributed by atoms with Crippen LogP contribution < -0.4 is 5.32 Å². The van der Waals surface area contributed by atoms with Crippen LogP contribution >= 0.6 is 0 Å². The number of pyridine rings is 1. The van der Waals surface area contributed by atoms with Crippen LogP contribution in [0.4, 0.5) is 5.82 Å². The van der Waals surface area contributed by atoms with E-state index in [1.807, 2.05) is 23.2 Å². The number of aromatic amines is 1. The second kappa shape index (κ2) is 6.22. The van der Waals surface area contributed by atoms with E-state index in [0.717, 1.165) is 48.8 Å². The van der Waals surface area contributed by atoms with Crippen molar-refractivity contribution in [3.05, 3.63) is 30.0 Å². The van der Waals surface area contributed by atoms with Gasteiger partial charge in [-0.2, -0.15) is 0 Å². The van der Waals surface area contributed by atoms with Gasteiger partial charge in [0.2, 0.25) is 11.8 Å². The summed E-state index contributed by atoms with van der Waals surface area (Å²) < 4.78 is 0. The second-order valence-corrected chi connectivity index (χ2v) is 8.14. The highest BCUT2D eigenvalue weighted by Gasteiger charge is 2.41. The minimum absolute atomic E-state index is 0.0623. The average molecular weight is 364 g/mol. The van der Waals surface area contributed by atoms with Gasteiger partial charge in [0.25, 0.3) is 0 Å². The lowest BCUT2D eigenvalue weighted by Crippen LogP contribution is -2.36.